The SMILES string of the molecule is O=C1NCCc2ccccc2C(c2ccccc2)N1C1CCN(Cc2ccccc2F)CC1. The molecule has 0 spiro atoms. The number of piperidine rings is 1. The van der Waals surface area contributed by atoms with Crippen molar-refractivity contribution >= 4 is 6.03 Å². The van der Waals surface area contributed by atoms with Crippen LogP contribution in [-0.2, 0) is 13.0 Å². The van der Waals surface area contributed by atoms with Crippen molar-refractivity contribution < 1.29 is 9.18 Å². The first-order valence-corrected chi connectivity index (χ1v) is 11.9. The van der Waals surface area contributed by atoms with E-state index in [1.54, 1.807) is 6.07 Å². The summed E-state index contributed by atoms with van der Waals surface area (Å²) in [6.07, 6.45) is 2.57. The van der Waals surface area contributed by atoms with Gasteiger partial charge >= 0.3 is 6.03 Å². The summed E-state index contributed by atoms with van der Waals surface area (Å²) in [5.41, 5.74) is 4.37. The van der Waals surface area contributed by atoms with Crippen LogP contribution in [0.15, 0.2) is 78.9 Å². The fourth-order valence-corrected chi connectivity index (χ4v) is 5.27. The minimum absolute atomic E-state index is 0.00547. The number of hydrogen-bond acceptors (Lipinski definition) is 2. The third-order valence-corrected chi connectivity index (χ3v) is 6.95. The van der Waals surface area contributed by atoms with Crippen LogP contribution in [0.2, 0.25) is 0 Å². The molecule has 3 aromatic rings. The second-order valence-corrected chi connectivity index (χ2v) is 9.00. The summed E-state index contributed by atoms with van der Waals surface area (Å²) in [4.78, 5) is 17.8. The number of hydrogen-bond donors (Lipinski definition) is 1. The van der Waals surface area contributed by atoms with Gasteiger partial charge in [-0.15, -0.1) is 0 Å². The Bertz CT molecular complexity index is 1100. The number of carbonyl (C=O) groups excluding carboxylic acids is 1. The molecule has 2 heterocycles. The van der Waals surface area contributed by atoms with E-state index in [1.807, 2.05) is 30.3 Å². The lowest BCUT2D eigenvalue weighted by Crippen LogP contribution is -2.53. The largest absolute Gasteiger partial charge is 0.338 e. The molecular weight excluding hydrogens is 413 g/mol. The Balaban J connectivity index is 1.42. The number of fused-ring (bicyclic) bond motifs is 1. The third-order valence-electron chi connectivity index (χ3n) is 6.95. The van der Waals surface area contributed by atoms with E-state index in [-0.39, 0.29) is 23.9 Å². The van der Waals surface area contributed by atoms with Crippen LogP contribution < -0.4 is 5.32 Å². The molecule has 170 valence electrons. The molecule has 2 aliphatic rings. The van der Waals surface area contributed by atoms with Gasteiger partial charge < -0.3 is 10.2 Å². The highest BCUT2D eigenvalue weighted by atomic mass is 19.1. The van der Waals surface area contributed by atoms with Gasteiger partial charge in [-0.05, 0) is 42.0 Å². The predicted octanol–water partition coefficient (Wildman–Crippen LogP) is 5.15. The molecule has 1 N–H and O–H groups in total. The number of urea groups is 1. The van der Waals surface area contributed by atoms with Crippen LogP contribution in [0, 0.1) is 5.82 Å². The average Bonchev–Trinajstić information content (AvgIpc) is 2.84. The van der Waals surface area contributed by atoms with Crippen LogP contribution in [0.4, 0.5) is 9.18 Å². The molecule has 0 saturated carbocycles. The Morgan fingerprint density at radius 2 is 1.58 bits per heavy atom. The fraction of sp³-hybridized carbons (Fsp3) is 0.321. The van der Waals surface area contributed by atoms with E-state index >= 15 is 0 Å². The number of likely N-dealkylation sites (tertiary alicyclic amines) is 1. The van der Waals surface area contributed by atoms with E-state index < -0.39 is 0 Å². The standard InChI is InChI=1S/C28H30FN3O/c29-26-13-7-5-11-23(26)20-31-18-15-24(16-19-31)32-27(22-9-2-1-3-10-22)25-12-6-4-8-21(25)14-17-30-28(32)33/h1-13,24,27H,14-20H2,(H,30,33). The van der Waals surface area contributed by atoms with E-state index in [9.17, 15) is 9.18 Å². The van der Waals surface area contributed by atoms with E-state index in [4.69, 9.17) is 0 Å². The second kappa shape index (κ2) is 9.75. The van der Waals surface area contributed by atoms with Gasteiger partial charge in [0.15, 0.2) is 0 Å². The van der Waals surface area contributed by atoms with Crippen molar-refractivity contribution in [2.24, 2.45) is 0 Å². The number of halogens is 1. The Labute approximate surface area is 195 Å². The number of nitrogens with zero attached hydrogens (tertiary/aromatic N) is 2. The lowest BCUT2D eigenvalue weighted by molar-refractivity contribution is 0.0994. The van der Waals surface area contributed by atoms with Crippen molar-refractivity contribution in [2.45, 2.75) is 37.9 Å². The minimum Gasteiger partial charge on any atom is -0.338 e. The lowest BCUT2D eigenvalue weighted by atomic mass is 9.89. The topological polar surface area (TPSA) is 35.6 Å². The van der Waals surface area contributed by atoms with Gasteiger partial charge in [0.2, 0.25) is 0 Å². The molecule has 1 unspecified atom stereocenters. The van der Waals surface area contributed by atoms with Gasteiger partial charge in [0.05, 0.1) is 6.04 Å². The molecule has 0 radical (unpaired) electrons. The van der Waals surface area contributed by atoms with Gasteiger partial charge in [-0.1, -0.05) is 72.8 Å². The zero-order valence-electron chi connectivity index (χ0n) is 18.8. The zero-order valence-corrected chi connectivity index (χ0v) is 18.8. The third kappa shape index (κ3) is 4.64. The van der Waals surface area contributed by atoms with Gasteiger partial charge in [0, 0.05) is 37.8 Å². The Kier molecular flexibility index (Phi) is 6.40. The Morgan fingerprint density at radius 3 is 2.36 bits per heavy atom. The van der Waals surface area contributed by atoms with Crippen molar-refractivity contribution in [2.75, 3.05) is 19.6 Å². The van der Waals surface area contributed by atoms with Crippen LogP contribution in [0.3, 0.4) is 0 Å². The summed E-state index contributed by atoms with van der Waals surface area (Å²) in [6, 6.07) is 25.9. The number of amides is 2. The predicted molar refractivity (Wildman–Crippen MR) is 128 cm³/mol. The molecule has 1 saturated heterocycles. The fourth-order valence-electron chi connectivity index (χ4n) is 5.27. The number of carbonyl (C=O) groups is 1. The molecule has 5 rings (SSSR count). The Morgan fingerprint density at radius 1 is 0.879 bits per heavy atom. The smallest absolute Gasteiger partial charge is 0.318 e. The maximum Gasteiger partial charge on any atom is 0.318 e. The highest BCUT2D eigenvalue weighted by Crippen LogP contribution is 2.36. The van der Waals surface area contributed by atoms with Crippen LogP contribution in [-0.4, -0.2) is 41.5 Å². The van der Waals surface area contributed by atoms with Crippen LogP contribution in [0.5, 0.6) is 0 Å². The molecule has 4 nitrogen and oxygen atoms in total. The summed E-state index contributed by atoms with van der Waals surface area (Å²) >= 11 is 0. The minimum atomic E-state index is -0.150. The van der Waals surface area contributed by atoms with Gasteiger partial charge in [0.25, 0.3) is 0 Å². The molecule has 1 atom stereocenters. The molecule has 3 aromatic carbocycles. The number of nitrogens with one attached hydrogen (secondary N) is 1. The summed E-state index contributed by atoms with van der Waals surface area (Å²) in [7, 11) is 0. The van der Waals surface area contributed by atoms with Crippen molar-refractivity contribution in [3.8, 4) is 0 Å². The molecule has 0 aliphatic carbocycles. The van der Waals surface area contributed by atoms with Crippen molar-refractivity contribution in [3.05, 3.63) is 107 Å². The summed E-state index contributed by atoms with van der Waals surface area (Å²) in [5.74, 6) is -0.150. The first kappa shape index (κ1) is 21.7. The molecule has 1 fully saturated rings. The monoisotopic (exact) mass is 443 g/mol. The van der Waals surface area contributed by atoms with Gasteiger partial charge in [0.1, 0.15) is 5.82 Å². The summed E-state index contributed by atoms with van der Waals surface area (Å²) in [5, 5.41) is 3.15. The zero-order chi connectivity index (χ0) is 22.6. The van der Waals surface area contributed by atoms with E-state index in [2.05, 4.69) is 51.5 Å². The van der Waals surface area contributed by atoms with E-state index in [0.717, 1.165) is 43.5 Å². The van der Waals surface area contributed by atoms with E-state index in [0.29, 0.717) is 13.1 Å². The maximum absolute atomic E-state index is 14.1. The van der Waals surface area contributed by atoms with Crippen molar-refractivity contribution in [1.82, 2.24) is 15.1 Å². The molecule has 0 aromatic heterocycles. The maximum atomic E-state index is 14.1. The van der Waals surface area contributed by atoms with Crippen LogP contribution in [0.25, 0.3) is 0 Å². The highest BCUT2D eigenvalue weighted by molar-refractivity contribution is 5.76. The van der Waals surface area contributed by atoms with Gasteiger partial charge in [-0.2, -0.15) is 0 Å². The normalized spacial score (nSPS) is 20.0. The number of benzene rings is 3. The van der Waals surface area contributed by atoms with Gasteiger partial charge in [-0.3, -0.25) is 4.90 Å². The van der Waals surface area contributed by atoms with Crippen molar-refractivity contribution in [1.29, 1.82) is 0 Å². The van der Waals surface area contributed by atoms with E-state index in [1.165, 1.54) is 17.2 Å². The van der Waals surface area contributed by atoms with Crippen LogP contribution in [0.1, 0.15) is 41.1 Å². The summed E-state index contributed by atoms with van der Waals surface area (Å²) in [6.45, 7) is 2.92. The quantitative estimate of drug-likeness (QED) is 0.606. The molecule has 0 bridgehead atoms. The van der Waals surface area contributed by atoms with Crippen molar-refractivity contribution in [3.63, 3.8) is 0 Å². The molecule has 33 heavy (non-hydrogen) atoms. The molecular formula is C28H30FN3O. The first-order valence-electron chi connectivity index (χ1n) is 11.9. The number of rotatable bonds is 4. The lowest BCUT2D eigenvalue weighted by Gasteiger charge is -2.44. The highest BCUT2D eigenvalue weighted by Gasteiger charge is 2.36. The van der Waals surface area contributed by atoms with Gasteiger partial charge in [-0.25, -0.2) is 9.18 Å². The first-order chi connectivity index (χ1) is 16.2. The Hall–Kier alpha value is -3.18. The molecule has 2 amide bonds. The molecule has 5 heteroatoms. The second-order valence-electron chi connectivity index (χ2n) is 9.00. The molecule has 2 aliphatic heterocycles. The van der Waals surface area contributed by atoms with Crippen LogP contribution >= 0.6 is 0 Å². The average molecular weight is 444 g/mol. The summed E-state index contributed by atoms with van der Waals surface area (Å²) < 4.78 is 14.1.